The summed E-state index contributed by atoms with van der Waals surface area (Å²) in [6, 6.07) is 7.29. The summed E-state index contributed by atoms with van der Waals surface area (Å²) in [6.45, 7) is 5.08. The molecule has 6 nitrogen and oxygen atoms in total. The molecule has 0 aliphatic carbocycles. The maximum atomic E-state index is 11.7. The fraction of sp³-hybridized carbons (Fsp3) is 0.429. The van der Waals surface area contributed by atoms with Gasteiger partial charge in [-0.2, -0.15) is 0 Å². The minimum absolute atomic E-state index is 0.480. The number of alkyl carbamates (subject to hydrolysis) is 1. The average Bonchev–Trinajstić information content (AvgIpc) is 2.34. The lowest BCUT2D eigenvalue weighted by atomic mass is 10.0. The van der Waals surface area contributed by atoms with Gasteiger partial charge in [-0.15, -0.1) is 0 Å². The van der Waals surface area contributed by atoms with Crippen LogP contribution >= 0.6 is 0 Å². The molecule has 0 aromatic heterocycles. The van der Waals surface area contributed by atoms with Gasteiger partial charge >= 0.3 is 12.1 Å². The van der Waals surface area contributed by atoms with E-state index in [4.69, 9.17) is 9.84 Å². The molecule has 6 heteroatoms. The average molecular weight is 281 g/mol. The molecule has 0 aliphatic rings. The van der Waals surface area contributed by atoms with E-state index >= 15 is 0 Å². The van der Waals surface area contributed by atoms with E-state index in [0.29, 0.717) is 5.56 Å². The summed E-state index contributed by atoms with van der Waals surface area (Å²) in [4.78, 5) is 22.7. The Labute approximate surface area is 117 Å². The van der Waals surface area contributed by atoms with Crippen LogP contribution < -0.4 is 5.32 Å². The lowest BCUT2D eigenvalue weighted by Gasteiger charge is -2.25. The Kier molecular flexibility index (Phi) is 5.10. The van der Waals surface area contributed by atoms with Gasteiger partial charge in [-0.3, -0.25) is 0 Å². The molecule has 1 amide bonds. The molecule has 3 N–H and O–H groups in total. The molecule has 0 saturated heterocycles. The van der Waals surface area contributed by atoms with Gasteiger partial charge in [0.25, 0.3) is 0 Å². The first-order chi connectivity index (χ1) is 9.20. The minimum Gasteiger partial charge on any atom is -0.479 e. The van der Waals surface area contributed by atoms with Gasteiger partial charge in [0, 0.05) is 0 Å². The minimum atomic E-state index is -1.76. The second-order valence-electron chi connectivity index (χ2n) is 5.32. The number of ether oxygens (including phenoxy) is 1. The standard InChI is InChI=1S/C14H19NO5/c1-14(2,3)20-13(19)15-10(11(16)12(17)18)9-7-5-4-6-8-9/h4-8,10-11,16H,1-3H3,(H,15,19)(H,17,18)/t10-,11+/m0/s1. The largest absolute Gasteiger partial charge is 0.479 e. The highest BCUT2D eigenvalue weighted by Gasteiger charge is 2.30. The van der Waals surface area contributed by atoms with Crippen molar-refractivity contribution in [3.05, 3.63) is 35.9 Å². The van der Waals surface area contributed by atoms with Crippen molar-refractivity contribution in [2.75, 3.05) is 0 Å². The van der Waals surface area contributed by atoms with Crippen molar-refractivity contribution in [1.82, 2.24) is 5.32 Å². The van der Waals surface area contributed by atoms with Gasteiger partial charge in [-0.25, -0.2) is 9.59 Å². The third-order valence-corrected chi connectivity index (χ3v) is 2.40. The fourth-order valence-corrected chi connectivity index (χ4v) is 1.58. The smallest absolute Gasteiger partial charge is 0.408 e. The number of aliphatic hydroxyl groups is 1. The molecule has 20 heavy (non-hydrogen) atoms. The third kappa shape index (κ3) is 4.89. The Balaban J connectivity index is 2.90. The van der Waals surface area contributed by atoms with Crippen molar-refractivity contribution in [3.63, 3.8) is 0 Å². The highest BCUT2D eigenvalue weighted by atomic mass is 16.6. The zero-order valence-corrected chi connectivity index (χ0v) is 11.7. The first-order valence-electron chi connectivity index (χ1n) is 6.16. The number of benzene rings is 1. The number of amides is 1. The van der Waals surface area contributed by atoms with Gasteiger partial charge in [-0.05, 0) is 26.3 Å². The van der Waals surface area contributed by atoms with Crippen LogP contribution in [-0.4, -0.2) is 34.0 Å². The summed E-state index contributed by atoms with van der Waals surface area (Å²) < 4.78 is 5.07. The van der Waals surface area contributed by atoms with E-state index in [1.807, 2.05) is 0 Å². The van der Waals surface area contributed by atoms with Crippen LogP contribution in [0.2, 0.25) is 0 Å². The summed E-state index contributed by atoms with van der Waals surface area (Å²) in [5.74, 6) is -1.42. The quantitative estimate of drug-likeness (QED) is 0.780. The number of carboxylic acids is 1. The lowest BCUT2D eigenvalue weighted by Crippen LogP contribution is -2.42. The Morgan fingerprint density at radius 1 is 1.20 bits per heavy atom. The van der Waals surface area contributed by atoms with E-state index in [1.165, 1.54) is 0 Å². The Morgan fingerprint density at radius 3 is 2.20 bits per heavy atom. The number of aliphatic carboxylic acids is 1. The van der Waals surface area contributed by atoms with E-state index in [2.05, 4.69) is 5.32 Å². The van der Waals surface area contributed by atoms with Crippen molar-refractivity contribution in [2.45, 2.75) is 38.5 Å². The second-order valence-corrected chi connectivity index (χ2v) is 5.32. The van der Waals surface area contributed by atoms with Crippen LogP contribution in [0.4, 0.5) is 4.79 Å². The molecule has 0 unspecified atom stereocenters. The monoisotopic (exact) mass is 281 g/mol. The van der Waals surface area contributed by atoms with Crippen LogP contribution in [0.1, 0.15) is 32.4 Å². The topological polar surface area (TPSA) is 95.9 Å². The first-order valence-corrected chi connectivity index (χ1v) is 6.16. The third-order valence-electron chi connectivity index (χ3n) is 2.40. The van der Waals surface area contributed by atoms with Crippen LogP contribution in [0, 0.1) is 0 Å². The summed E-state index contributed by atoms with van der Waals surface area (Å²) in [7, 11) is 0. The van der Waals surface area contributed by atoms with Crippen molar-refractivity contribution in [3.8, 4) is 0 Å². The number of nitrogens with one attached hydrogen (secondary N) is 1. The molecule has 110 valence electrons. The molecule has 0 fully saturated rings. The van der Waals surface area contributed by atoms with Crippen LogP contribution in [0.5, 0.6) is 0 Å². The van der Waals surface area contributed by atoms with Crippen LogP contribution in [0.3, 0.4) is 0 Å². The SMILES string of the molecule is CC(C)(C)OC(=O)N[C@@H](c1ccccc1)[C@@H](O)C(=O)O. The highest BCUT2D eigenvalue weighted by Crippen LogP contribution is 2.18. The number of hydrogen-bond donors (Lipinski definition) is 3. The van der Waals surface area contributed by atoms with Gasteiger partial charge in [0.05, 0.1) is 6.04 Å². The second kappa shape index (κ2) is 6.38. The number of carbonyl (C=O) groups is 2. The van der Waals surface area contributed by atoms with Gasteiger partial charge in [0.15, 0.2) is 6.10 Å². The van der Waals surface area contributed by atoms with E-state index in [0.717, 1.165) is 0 Å². The molecule has 1 aromatic rings. The predicted molar refractivity (Wildman–Crippen MR) is 72.2 cm³/mol. The van der Waals surface area contributed by atoms with Crippen molar-refractivity contribution >= 4 is 12.1 Å². The number of aliphatic hydroxyl groups excluding tert-OH is 1. The molecular formula is C14H19NO5. The maximum absolute atomic E-state index is 11.7. The lowest BCUT2D eigenvalue weighted by molar-refractivity contribution is -0.148. The molecule has 0 aliphatic heterocycles. The normalized spacial score (nSPS) is 14.2. The molecule has 0 bridgehead atoms. The summed E-state index contributed by atoms with van der Waals surface area (Å²) in [6.07, 6.45) is -2.54. The molecule has 1 aromatic carbocycles. The van der Waals surface area contributed by atoms with E-state index in [-0.39, 0.29) is 0 Å². The van der Waals surface area contributed by atoms with E-state index < -0.39 is 29.8 Å². The van der Waals surface area contributed by atoms with Gasteiger partial charge in [0.1, 0.15) is 5.60 Å². The number of hydrogen-bond acceptors (Lipinski definition) is 4. The molecule has 0 radical (unpaired) electrons. The van der Waals surface area contributed by atoms with Crippen molar-refractivity contribution < 1.29 is 24.5 Å². The fourth-order valence-electron chi connectivity index (χ4n) is 1.58. The van der Waals surface area contributed by atoms with Gasteiger partial charge < -0.3 is 20.3 Å². The number of carboxylic acid groups (broad SMARTS) is 1. The Morgan fingerprint density at radius 2 is 1.75 bits per heavy atom. The molecular weight excluding hydrogens is 262 g/mol. The zero-order valence-electron chi connectivity index (χ0n) is 11.7. The summed E-state index contributed by atoms with van der Waals surface area (Å²) in [5, 5.41) is 21.0. The van der Waals surface area contributed by atoms with Gasteiger partial charge in [0.2, 0.25) is 0 Å². The number of rotatable bonds is 4. The van der Waals surface area contributed by atoms with Crippen LogP contribution in [-0.2, 0) is 9.53 Å². The molecule has 0 saturated carbocycles. The van der Waals surface area contributed by atoms with Crippen molar-refractivity contribution in [1.29, 1.82) is 0 Å². The van der Waals surface area contributed by atoms with Gasteiger partial charge in [-0.1, -0.05) is 30.3 Å². The molecule has 1 rings (SSSR count). The Hall–Kier alpha value is -2.08. The van der Waals surface area contributed by atoms with Crippen molar-refractivity contribution in [2.24, 2.45) is 0 Å². The Bertz CT molecular complexity index is 466. The first kappa shape index (κ1) is 16.0. The highest BCUT2D eigenvalue weighted by molar-refractivity contribution is 5.75. The predicted octanol–water partition coefficient (Wildman–Crippen LogP) is 1.70. The summed E-state index contributed by atoms with van der Waals surface area (Å²) in [5.41, 5.74) is -0.229. The maximum Gasteiger partial charge on any atom is 0.408 e. The van der Waals surface area contributed by atoms with E-state index in [1.54, 1.807) is 51.1 Å². The van der Waals surface area contributed by atoms with Crippen LogP contribution in [0.15, 0.2) is 30.3 Å². The van der Waals surface area contributed by atoms with Crippen LogP contribution in [0.25, 0.3) is 0 Å². The number of carbonyl (C=O) groups excluding carboxylic acids is 1. The zero-order chi connectivity index (χ0) is 15.3. The molecule has 2 atom stereocenters. The molecule has 0 spiro atoms. The summed E-state index contributed by atoms with van der Waals surface area (Å²) >= 11 is 0. The molecule has 0 heterocycles. The van der Waals surface area contributed by atoms with E-state index in [9.17, 15) is 14.7 Å².